The van der Waals surface area contributed by atoms with Gasteiger partial charge in [0.05, 0.1) is 17.6 Å². The van der Waals surface area contributed by atoms with Crippen LogP contribution < -0.4 is 10.6 Å². The lowest BCUT2D eigenvalue weighted by Crippen LogP contribution is -2.42. The number of nitrogens with zero attached hydrogens (tertiary/aromatic N) is 2. The number of thiophene rings is 1. The highest BCUT2D eigenvalue weighted by Gasteiger charge is 2.45. The summed E-state index contributed by atoms with van der Waals surface area (Å²) in [5, 5.41) is 10.1. The van der Waals surface area contributed by atoms with Gasteiger partial charge in [0.2, 0.25) is 0 Å². The summed E-state index contributed by atoms with van der Waals surface area (Å²) in [4.78, 5) is 17.5. The van der Waals surface area contributed by atoms with Crippen LogP contribution in [-0.4, -0.2) is 5.78 Å². The molecule has 2 heterocycles. The third-order valence-corrected chi connectivity index (χ3v) is 8.00. The molecule has 154 valence electrons. The van der Waals surface area contributed by atoms with E-state index in [2.05, 4.69) is 35.8 Å². The molecule has 2 aromatic rings. The molecule has 2 N–H and O–H groups in total. The summed E-state index contributed by atoms with van der Waals surface area (Å²) in [6, 6.07) is 12.4. The molecular weight excluding hydrogens is 458 g/mol. The fourth-order valence-electron chi connectivity index (χ4n) is 4.48. The van der Waals surface area contributed by atoms with Crippen LogP contribution >= 0.6 is 27.3 Å². The number of hydrogen-bond donors (Lipinski definition) is 1. The van der Waals surface area contributed by atoms with Crippen LogP contribution in [0.5, 0.6) is 0 Å². The molecule has 1 unspecified atom stereocenters. The Morgan fingerprint density at radius 3 is 2.60 bits per heavy atom. The van der Waals surface area contributed by atoms with Crippen molar-refractivity contribution >= 4 is 38.7 Å². The number of rotatable bonds is 2. The second-order valence-electron chi connectivity index (χ2n) is 8.87. The van der Waals surface area contributed by atoms with Crippen LogP contribution in [-0.2, 0) is 4.79 Å². The van der Waals surface area contributed by atoms with E-state index < -0.39 is 5.92 Å². The maximum absolute atomic E-state index is 13.5. The summed E-state index contributed by atoms with van der Waals surface area (Å²) in [6.45, 7) is 8.28. The SMILES string of the molecule is Cc1cccc(N2C(N)=C(C#N)C(c3cc(Br)c(C)s3)C3=C2CC(C)(C)CC3=O)c1. The van der Waals surface area contributed by atoms with Crippen molar-refractivity contribution in [2.45, 2.75) is 46.5 Å². The molecule has 0 radical (unpaired) electrons. The third-order valence-electron chi connectivity index (χ3n) is 5.80. The molecule has 30 heavy (non-hydrogen) atoms. The second kappa shape index (κ2) is 7.40. The molecule has 0 spiro atoms. The molecular formula is C24H24BrN3OS. The Labute approximate surface area is 189 Å². The lowest BCUT2D eigenvalue weighted by Gasteiger charge is -2.43. The van der Waals surface area contributed by atoms with Crippen molar-refractivity contribution in [2.75, 3.05) is 4.90 Å². The Bertz CT molecular complexity index is 1150. The van der Waals surface area contributed by atoms with E-state index in [0.717, 1.165) is 43.2 Å². The van der Waals surface area contributed by atoms with E-state index in [1.54, 1.807) is 11.3 Å². The van der Waals surface area contributed by atoms with E-state index >= 15 is 0 Å². The molecule has 1 aliphatic heterocycles. The average Bonchev–Trinajstić information content (AvgIpc) is 2.98. The molecule has 0 bridgehead atoms. The van der Waals surface area contributed by atoms with Crippen molar-refractivity contribution < 1.29 is 4.79 Å². The molecule has 4 nitrogen and oxygen atoms in total. The molecule has 1 aromatic carbocycles. The molecule has 0 saturated carbocycles. The van der Waals surface area contributed by atoms with Gasteiger partial charge in [0, 0.05) is 37.6 Å². The largest absolute Gasteiger partial charge is 0.384 e. The number of hydrogen-bond acceptors (Lipinski definition) is 5. The van der Waals surface area contributed by atoms with Gasteiger partial charge in [-0.05, 0) is 65.4 Å². The van der Waals surface area contributed by atoms with Crippen LogP contribution in [0.15, 0.2) is 57.5 Å². The summed E-state index contributed by atoms with van der Waals surface area (Å²) in [6.07, 6.45) is 1.19. The van der Waals surface area contributed by atoms with Gasteiger partial charge in [-0.15, -0.1) is 11.3 Å². The van der Waals surface area contributed by atoms with E-state index in [1.807, 2.05) is 49.1 Å². The maximum atomic E-state index is 13.5. The number of carbonyl (C=O) groups is 1. The molecule has 2 aliphatic rings. The Morgan fingerprint density at radius 2 is 2.00 bits per heavy atom. The Hall–Kier alpha value is -2.36. The topological polar surface area (TPSA) is 70.1 Å². The lowest BCUT2D eigenvalue weighted by molar-refractivity contribution is -0.118. The highest BCUT2D eigenvalue weighted by molar-refractivity contribution is 9.10. The van der Waals surface area contributed by atoms with Crippen LogP contribution in [0.1, 0.15) is 47.9 Å². The number of nitriles is 1. The van der Waals surface area contributed by atoms with Crippen LogP contribution in [0, 0.1) is 30.6 Å². The first-order chi connectivity index (χ1) is 14.1. The summed E-state index contributed by atoms with van der Waals surface area (Å²) < 4.78 is 0.991. The Morgan fingerprint density at radius 1 is 1.27 bits per heavy atom. The number of aryl methyl sites for hydroxylation is 2. The molecule has 1 aliphatic carbocycles. The van der Waals surface area contributed by atoms with Gasteiger partial charge in [-0.2, -0.15) is 5.26 Å². The van der Waals surface area contributed by atoms with Gasteiger partial charge in [0.15, 0.2) is 5.78 Å². The number of benzene rings is 1. The first kappa shape index (κ1) is 20.9. The second-order valence-corrected chi connectivity index (χ2v) is 11.0. The third kappa shape index (κ3) is 3.40. The van der Waals surface area contributed by atoms with Crippen molar-refractivity contribution in [1.82, 2.24) is 0 Å². The highest BCUT2D eigenvalue weighted by Crippen LogP contribution is 2.51. The minimum Gasteiger partial charge on any atom is -0.384 e. The Balaban J connectivity index is 2.01. The van der Waals surface area contributed by atoms with E-state index in [0.29, 0.717) is 17.8 Å². The van der Waals surface area contributed by atoms with Crippen LogP contribution in [0.25, 0.3) is 0 Å². The van der Waals surface area contributed by atoms with E-state index in [4.69, 9.17) is 5.73 Å². The van der Waals surface area contributed by atoms with E-state index in [1.165, 1.54) is 0 Å². The quantitative estimate of drug-likeness (QED) is 0.564. The number of allylic oxidation sites excluding steroid dienone is 3. The van der Waals surface area contributed by atoms with Crippen LogP contribution in [0.2, 0.25) is 0 Å². The van der Waals surface area contributed by atoms with Gasteiger partial charge in [-0.3, -0.25) is 9.69 Å². The van der Waals surface area contributed by atoms with E-state index in [9.17, 15) is 10.1 Å². The van der Waals surface area contributed by atoms with Crippen molar-refractivity contribution in [3.8, 4) is 6.07 Å². The number of carbonyl (C=O) groups excluding carboxylic acids is 1. The minimum absolute atomic E-state index is 0.103. The van der Waals surface area contributed by atoms with Crippen molar-refractivity contribution in [1.29, 1.82) is 5.26 Å². The summed E-state index contributed by atoms with van der Waals surface area (Å²) in [5.41, 5.74) is 10.6. The van der Waals surface area contributed by atoms with Gasteiger partial charge >= 0.3 is 0 Å². The van der Waals surface area contributed by atoms with Gasteiger partial charge in [-0.1, -0.05) is 26.0 Å². The van der Waals surface area contributed by atoms with Crippen molar-refractivity contribution in [3.05, 3.63) is 72.8 Å². The number of nitrogens with two attached hydrogens (primary N) is 1. The van der Waals surface area contributed by atoms with Gasteiger partial charge < -0.3 is 5.73 Å². The van der Waals surface area contributed by atoms with Crippen LogP contribution in [0.3, 0.4) is 0 Å². The first-order valence-electron chi connectivity index (χ1n) is 9.91. The molecule has 6 heteroatoms. The van der Waals surface area contributed by atoms with Gasteiger partial charge in [0.25, 0.3) is 0 Å². The predicted octanol–water partition coefficient (Wildman–Crippen LogP) is 6.07. The Kier molecular flexibility index (Phi) is 5.16. The number of halogens is 1. The normalized spacial score (nSPS) is 21.0. The standard InChI is InChI=1S/C24H24BrN3OS/c1-13-6-5-7-15(8-13)28-18-10-24(3,4)11-19(29)22(18)21(16(12-26)23(28)27)20-9-17(25)14(2)30-20/h5-9,21H,10-11,27H2,1-4H3. The molecule has 1 aromatic heterocycles. The average molecular weight is 482 g/mol. The number of ketones is 1. The van der Waals surface area contributed by atoms with Crippen LogP contribution in [0.4, 0.5) is 5.69 Å². The van der Waals surface area contributed by atoms with Crippen molar-refractivity contribution in [2.24, 2.45) is 11.1 Å². The first-order valence-corrected chi connectivity index (χ1v) is 11.5. The molecule has 1 atom stereocenters. The number of anilines is 1. The predicted molar refractivity (Wildman–Crippen MR) is 125 cm³/mol. The molecule has 4 rings (SSSR count). The molecule has 0 fully saturated rings. The monoisotopic (exact) mass is 481 g/mol. The molecule has 0 amide bonds. The minimum atomic E-state index is -0.412. The summed E-state index contributed by atoms with van der Waals surface area (Å²) >= 11 is 5.19. The van der Waals surface area contributed by atoms with Gasteiger partial charge in [0.1, 0.15) is 5.82 Å². The fourth-order valence-corrected chi connectivity index (χ4v) is 6.16. The lowest BCUT2D eigenvalue weighted by atomic mass is 9.69. The number of Topliss-reactive ketones (excluding diaryl/α,β-unsaturated/α-hetero) is 1. The zero-order valence-corrected chi connectivity index (χ0v) is 19.9. The zero-order chi connectivity index (χ0) is 21.8. The smallest absolute Gasteiger partial charge is 0.162 e. The molecule has 0 saturated heterocycles. The van der Waals surface area contributed by atoms with Crippen molar-refractivity contribution in [3.63, 3.8) is 0 Å². The summed E-state index contributed by atoms with van der Waals surface area (Å²) in [7, 11) is 0. The maximum Gasteiger partial charge on any atom is 0.162 e. The van der Waals surface area contributed by atoms with E-state index in [-0.39, 0.29) is 11.2 Å². The zero-order valence-electron chi connectivity index (χ0n) is 17.5. The summed E-state index contributed by atoms with van der Waals surface area (Å²) in [5.74, 6) is 0.107. The van der Waals surface area contributed by atoms with Gasteiger partial charge in [-0.25, -0.2) is 0 Å². The highest BCUT2D eigenvalue weighted by atomic mass is 79.9. The fraction of sp³-hybridized carbons (Fsp3) is 0.333.